The van der Waals surface area contributed by atoms with E-state index in [1.54, 1.807) is 0 Å². The summed E-state index contributed by atoms with van der Waals surface area (Å²) in [5.41, 5.74) is 4.20. The predicted molar refractivity (Wildman–Crippen MR) is 63.2 cm³/mol. The molecule has 0 aliphatic heterocycles. The van der Waals surface area contributed by atoms with Crippen molar-refractivity contribution in [2.75, 3.05) is 0 Å². The molecule has 0 aromatic heterocycles. The fourth-order valence-corrected chi connectivity index (χ4v) is 1.02. The first kappa shape index (κ1) is 19.0. The molecule has 17 heavy (non-hydrogen) atoms. The van der Waals surface area contributed by atoms with Crippen molar-refractivity contribution in [2.24, 2.45) is 5.73 Å². The van der Waals surface area contributed by atoms with Crippen molar-refractivity contribution in [1.82, 2.24) is 0 Å². The first-order chi connectivity index (χ1) is 6.91. The van der Waals surface area contributed by atoms with Gasteiger partial charge in [-0.25, -0.2) is 9.59 Å². The summed E-state index contributed by atoms with van der Waals surface area (Å²) in [5, 5.41) is 17.3. The minimum absolute atomic E-state index is 0. The van der Waals surface area contributed by atoms with Crippen molar-refractivity contribution in [3.05, 3.63) is 34.9 Å². The molecule has 0 heterocycles. The van der Waals surface area contributed by atoms with E-state index in [9.17, 15) is 14.4 Å². The SMILES string of the molecule is NC(=O)c1cc(C(=O)O)cc(C(=O)O)c1.[NaH].[NaH]. The summed E-state index contributed by atoms with van der Waals surface area (Å²) in [4.78, 5) is 32.0. The molecule has 0 spiro atoms. The number of rotatable bonds is 3. The number of hydrogen-bond donors (Lipinski definition) is 3. The second kappa shape index (κ2) is 7.86. The maximum atomic E-state index is 10.8. The Kier molecular flexibility index (Phi) is 8.78. The van der Waals surface area contributed by atoms with Gasteiger partial charge >= 0.3 is 71.1 Å². The van der Waals surface area contributed by atoms with Crippen molar-refractivity contribution >= 4 is 77.0 Å². The molecule has 0 radical (unpaired) electrons. The Morgan fingerprint density at radius 1 is 0.824 bits per heavy atom. The van der Waals surface area contributed by atoms with Crippen LogP contribution in [0, 0.1) is 0 Å². The second-order valence-corrected chi connectivity index (χ2v) is 2.77. The minimum atomic E-state index is -1.32. The molecule has 0 aliphatic rings. The third-order valence-electron chi connectivity index (χ3n) is 1.71. The summed E-state index contributed by atoms with van der Waals surface area (Å²) in [7, 11) is 0. The molecule has 0 aliphatic carbocycles. The van der Waals surface area contributed by atoms with Crippen molar-refractivity contribution in [3.63, 3.8) is 0 Å². The molecule has 1 aromatic carbocycles. The third kappa shape index (κ3) is 5.20. The molecule has 0 saturated heterocycles. The Bertz CT molecular complexity index is 382. The zero-order chi connectivity index (χ0) is 11.6. The van der Waals surface area contributed by atoms with Gasteiger partial charge in [0.1, 0.15) is 0 Å². The van der Waals surface area contributed by atoms with Crippen molar-refractivity contribution in [3.8, 4) is 0 Å². The number of carboxylic acid groups (broad SMARTS) is 2. The summed E-state index contributed by atoms with van der Waals surface area (Å²) in [6.07, 6.45) is 0. The molecule has 6 nitrogen and oxygen atoms in total. The van der Waals surface area contributed by atoms with Gasteiger partial charge in [-0.05, 0) is 18.2 Å². The summed E-state index contributed by atoms with van der Waals surface area (Å²) < 4.78 is 0. The number of nitrogens with two attached hydrogens (primary N) is 1. The molecule has 8 heteroatoms. The van der Waals surface area contributed by atoms with Crippen molar-refractivity contribution < 1.29 is 24.6 Å². The number of aromatic carboxylic acids is 2. The van der Waals surface area contributed by atoms with Gasteiger partial charge in [-0.2, -0.15) is 0 Å². The van der Waals surface area contributed by atoms with E-state index < -0.39 is 17.8 Å². The summed E-state index contributed by atoms with van der Waals surface area (Å²) in [5.74, 6) is -3.51. The Hall–Kier alpha value is -0.370. The molecule has 82 valence electrons. The molecular weight excluding hydrogens is 248 g/mol. The Balaban J connectivity index is 0. The molecule has 0 saturated carbocycles. The van der Waals surface area contributed by atoms with Gasteiger partial charge < -0.3 is 15.9 Å². The number of hydrogen-bond acceptors (Lipinski definition) is 3. The van der Waals surface area contributed by atoms with Crippen molar-refractivity contribution in [2.45, 2.75) is 0 Å². The number of benzene rings is 1. The summed E-state index contributed by atoms with van der Waals surface area (Å²) in [6.45, 7) is 0. The summed E-state index contributed by atoms with van der Waals surface area (Å²) >= 11 is 0. The van der Waals surface area contributed by atoms with Gasteiger partial charge in [0.2, 0.25) is 5.91 Å². The van der Waals surface area contributed by atoms with Gasteiger partial charge in [0.05, 0.1) is 11.1 Å². The molecule has 1 aromatic rings. The van der Waals surface area contributed by atoms with E-state index in [4.69, 9.17) is 15.9 Å². The van der Waals surface area contributed by atoms with Crippen LogP contribution in [0.4, 0.5) is 0 Å². The van der Waals surface area contributed by atoms with E-state index >= 15 is 0 Å². The number of amides is 1. The van der Waals surface area contributed by atoms with E-state index in [0.717, 1.165) is 18.2 Å². The number of carboxylic acids is 2. The van der Waals surface area contributed by atoms with Gasteiger partial charge in [-0.3, -0.25) is 4.79 Å². The maximum absolute atomic E-state index is 10.8. The average molecular weight is 257 g/mol. The topological polar surface area (TPSA) is 118 Å². The van der Waals surface area contributed by atoms with Crippen LogP contribution in [0.2, 0.25) is 0 Å². The fraction of sp³-hybridized carbons (Fsp3) is 0. The van der Waals surface area contributed by atoms with Gasteiger partial charge in [0, 0.05) is 5.56 Å². The molecule has 0 unspecified atom stereocenters. The quantitative estimate of drug-likeness (QED) is 0.593. The first-order valence-electron chi connectivity index (χ1n) is 3.83. The third-order valence-corrected chi connectivity index (χ3v) is 1.71. The van der Waals surface area contributed by atoms with Crippen LogP contribution in [0.1, 0.15) is 31.1 Å². The number of primary amides is 1. The molecule has 0 bridgehead atoms. The molecule has 1 amide bonds. The van der Waals surface area contributed by atoms with E-state index in [-0.39, 0.29) is 75.8 Å². The summed E-state index contributed by atoms with van der Waals surface area (Å²) in [6, 6.07) is 3.01. The average Bonchev–Trinajstić information content (AvgIpc) is 2.16. The van der Waals surface area contributed by atoms with Crippen LogP contribution < -0.4 is 5.73 Å². The Labute approximate surface area is 141 Å². The van der Waals surface area contributed by atoms with E-state index in [1.807, 2.05) is 0 Å². The van der Waals surface area contributed by atoms with Crippen LogP contribution in [0.15, 0.2) is 18.2 Å². The molecule has 1 rings (SSSR count). The van der Waals surface area contributed by atoms with Gasteiger partial charge in [0.15, 0.2) is 0 Å². The van der Waals surface area contributed by atoms with E-state index in [0.29, 0.717) is 0 Å². The van der Waals surface area contributed by atoms with Crippen LogP contribution in [0.3, 0.4) is 0 Å². The zero-order valence-corrected chi connectivity index (χ0v) is 7.43. The molecular formula is C9H9NNa2O5. The molecule has 4 N–H and O–H groups in total. The Morgan fingerprint density at radius 2 is 1.12 bits per heavy atom. The number of carbonyl (C=O) groups is 3. The van der Waals surface area contributed by atoms with E-state index in [1.165, 1.54) is 0 Å². The normalized spacial score (nSPS) is 8.47. The standard InChI is InChI=1S/C9H7NO5.2Na.2H/c10-7(11)4-1-5(8(12)13)3-6(2-4)9(14)15;;;;/h1-3H,(H2,10,11)(H,12,13)(H,14,15);;;;. The van der Waals surface area contributed by atoms with Crippen LogP contribution in [-0.4, -0.2) is 87.2 Å². The van der Waals surface area contributed by atoms with Gasteiger partial charge in [-0.15, -0.1) is 0 Å². The van der Waals surface area contributed by atoms with E-state index in [2.05, 4.69) is 0 Å². The van der Waals surface area contributed by atoms with Crippen LogP contribution >= 0.6 is 0 Å². The van der Waals surface area contributed by atoms with Crippen LogP contribution in [0.5, 0.6) is 0 Å². The monoisotopic (exact) mass is 257 g/mol. The fourth-order valence-electron chi connectivity index (χ4n) is 1.02. The van der Waals surface area contributed by atoms with Gasteiger partial charge in [0.25, 0.3) is 0 Å². The second-order valence-electron chi connectivity index (χ2n) is 2.77. The first-order valence-corrected chi connectivity index (χ1v) is 3.83. The van der Waals surface area contributed by atoms with Crippen LogP contribution in [0.25, 0.3) is 0 Å². The Morgan fingerprint density at radius 3 is 1.35 bits per heavy atom. The van der Waals surface area contributed by atoms with Crippen molar-refractivity contribution in [1.29, 1.82) is 0 Å². The van der Waals surface area contributed by atoms with Crippen LogP contribution in [-0.2, 0) is 0 Å². The van der Waals surface area contributed by atoms with Gasteiger partial charge in [-0.1, -0.05) is 0 Å². The molecule has 0 atom stereocenters. The number of carbonyl (C=O) groups excluding carboxylic acids is 1. The zero-order valence-electron chi connectivity index (χ0n) is 7.43. The predicted octanol–water partition coefficient (Wildman–Crippen LogP) is -1.12. The molecule has 0 fully saturated rings.